The summed E-state index contributed by atoms with van der Waals surface area (Å²) < 4.78 is 27.4. The standard InChI is InChI=1S/C9H8F2IN3/c1-4-3-6(8(10)11)13-9-7(12)5(2)14-15(4)9/h3,8H,1-2H3. The predicted octanol–water partition coefficient (Wildman–Crippen LogP) is 2.89. The molecule has 2 heterocycles. The average Bonchev–Trinajstić information content (AvgIpc) is 2.45. The molecule has 0 fully saturated rings. The van der Waals surface area contributed by atoms with Gasteiger partial charge in [-0.1, -0.05) is 0 Å². The molecule has 0 aliphatic heterocycles. The van der Waals surface area contributed by atoms with Gasteiger partial charge in [0.05, 0.1) is 9.26 Å². The van der Waals surface area contributed by atoms with Crippen LogP contribution in [0.2, 0.25) is 0 Å². The summed E-state index contributed by atoms with van der Waals surface area (Å²) in [7, 11) is 0. The van der Waals surface area contributed by atoms with Crippen LogP contribution in [0.1, 0.15) is 23.5 Å². The molecule has 2 aromatic rings. The minimum atomic E-state index is -2.54. The Morgan fingerprint density at radius 2 is 2.07 bits per heavy atom. The number of rotatable bonds is 1. The lowest BCUT2D eigenvalue weighted by Gasteiger charge is -2.03. The highest BCUT2D eigenvalue weighted by Gasteiger charge is 2.15. The number of hydrogen-bond donors (Lipinski definition) is 0. The Balaban J connectivity index is 2.79. The van der Waals surface area contributed by atoms with E-state index in [1.807, 2.05) is 6.92 Å². The maximum Gasteiger partial charge on any atom is 0.280 e. The number of alkyl halides is 2. The molecule has 2 rings (SSSR count). The van der Waals surface area contributed by atoms with Crippen LogP contribution < -0.4 is 0 Å². The molecule has 0 unspecified atom stereocenters. The van der Waals surface area contributed by atoms with Gasteiger partial charge in [0.15, 0.2) is 5.65 Å². The number of aryl methyl sites for hydroxylation is 2. The van der Waals surface area contributed by atoms with E-state index < -0.39 is 6.43 Å². The topological polar surface area (TPSA) is 30.2 Å². The van der Waals surface area contributed by atoms with Crippen LogP contribution in [0.3, 0.4) is 0 Å². The normalized spacial score (nSPS) is 11.6. The number of aromatic nitrogens is 3. The SMILES string of the molecule is Cc1nn2c(C)cc(C(F)F)nc2c1I. The molecule has 0 aliphatic carbocycles. The van der Waals surface area contributed by atoms with E-state index in [1.165, 1.54) is 6.07 Å². The van der Waals surface area contributed by atoms with Crippen LogP contribution in [0.25, 0.3) is 5.65 Å². The van der Waals surface area contributed by atoms with Gasteiger partial charge < -0.3 is 0 Å². The molecule has 0 saturated heterocycles. The Kier molecular flexibility index (Phi) is 2.61. The number of hydrogen-bond acceptors (Lipinski definition) is 2. The Morgan fingerprint density at radius 1 is 1.40 bits per heavy atom. The molecule has 6 heteroatoms. The molecule has 0 N–H and O–H groups in total. The highest BCUT2D eigenvalue weighted by Crippen LogP contribution is 2.22. The van der Waals surface area contributed by atoms with Crippen molar-refractivity contribution in [1.82, 2.24) is 14.6 Å². The van der Waals surface area contributed by atoms with E-state index in [-0.39, 0.29) is 5.69 Å². The first-order chi connectivity index (χ1) is 7.00. The van der Waals surface area contributed by atoms with Crippen molar-refractivity contribution < 1.29 is 8.78 Å². The van der Waals surface area contributed by atoms with Gasteiger partial charge in [0.25, 0.3) is 6.43 Å². The van der Waals surface area contributed by atoms with Crippen LogP contribution in [0.15, 0.2) is 6.07 Å². The lowest BCUT2D eigenvalue weighted by Crippen LogP contribution is -2.00. The molecule has 0 bridgehead atoms. The zero-order chi connectivity index (χ0) is 11.2. The van der Waals surface area contributed by atoms with Crippen molar-refractivity contribution in [1.29, 1.82) is 0 Å². The number of fused-ring (bicyclic) bond motifs is 1. The van der Waals surface area contributed by atoms with Gasteiger partial charge >= 0.3 is 0 Å². The van der Waals surface area contributed by atoms with E-state index in [0.717, 1.165) is 9.26 Å². The Morgan fingerprint density at radius 3 is 2.67 bits per heavy atom. The summed E-state index contributed by atoms with van der Waals surface area (Å²) in [6, 6.07) is 1.36. The first kappa shape index (κ1) is 10.7. The summed E-state index contributed by atoms with van der Waals surface area (Å²) in [5.74, 6) is 0. The monoisotopic (exact) mass is 323 g/mol. The number of nitrogens with zero attached hydrogens (tertiary/aromatic N) is 3. The fourth-order valence-electron chi connectivity index (χ4n) is 1.38. The molecule has 0 aliphatic rings. The minimum Gasteiger partial charge on any atom is -0.226 e. The predicted molar refractivity (Wildman–Crippen MR) is 60.1 cm³/mol. The number of halogens is 3. The van der Waals surface area contributed by atoms with Crippen molar-refractivity contribution in [2.24, 2.45) is 0 Å². The van der Waals surface area contributed by atoms with Gasteiger partial charge in [0, 0.05) is 5.69 Å². The third kappa shape index (κ3) is 1.70. The Hall–Kier alpha value is -0.790. The van der Waals surface area contributed by atoms with E-state index in [2.05, 4.69) is 32.7 Å². The molecule has 0 radical (unpaired) electrons. The molecule has 0 spiro atoms. The van der Waals surface area contributed by atoms with Crippen LogP contribution >= 0.6 is 22.6 Å². The second-order valence-corrected chi connectivity index (χ2v) is 4.34. The molecule has 2 aromatic heterocycles. The quantitative estimate of drug-likeness (QED) is 0.756. The smallest absolute Gasteiger partial charge is 0.226 e. The second-order valence-electron chi connectivity index (χ2n) is 3.26. The van der Waals surface area contributed by atoms with Gasteiger partial charge in [-0.15, -0.1) is 0 Å². The van der Waals surface area contributed by atoms with E-state index in [9.17, 15) is 8.78 Å². The lowest BCUT2D eigenvalue weighted by molar-refractivity contribution is 0.146. The van der Waals surface area contributed by atoms with Gasteiger partial charge in [-0.05, 0) is 42.5 Å². The summed E-state index contributed by atoms with van der Waals surface area (Å²) in [5, 5.41) is 4.21. The van der Waals surface area contributed by atoms with E-state index in [0.29, 0.717) is 11.3 Å². The second kappa shape index (κ2) is 3.66. The van der Waals surface area contributed by atoms with Crippen LogP contribution in [0.4, 0.5) is 8.78 Å². The van der Waals surface area contributed by atoms with Crippen LogP contribution in [0.5, 0.6) is 0 Å². The maximum absolute atomic E-state index is 12.5. The maximum atomic E-state index is 12.5. The Bertz CT molecular complexity index is 522. The molecule has 0 atom stereocenters. The van der Waals surface area contributed by atoms with Crippen LogP contribution in [-0.4, -0.2) is 14.6 Å². The van der Waals surface area contributed by atoms with Crippen molar-refractivity contribution in [2.75, 3.05) is 0 Å². The first-order valence-electron chi connectivity index (χ1n) is 4.31. The molecular weight excluding hydrogens is 315 g/mol. The van der Waals surface area contributed by atoms with Crippen molar-refractivity contribution in [3.8, 4) is 0 Å². The van der Waals surface area contributed by atoms with Crippen molar-refractivity contribution in [3.05, 3.63) is 26.7 Å². The highest BCUT2D eigenvalue weighted by molar-refractivity contribution is 14.1. The van der Waals surface area contributed by atoms with E-state index in [1.54, 1.807) is 11.4 Å². The lowest BCUT2D eigenvalue weighted by atomic mass is 10.3. The van der Waals surface area contributed by atoms with Gasteiger partial charge in [-0.2, -0.15) is 5.10 Å². The molecule has 15 heavy (non-hydrogen) atoms. The molecule has 0 aromatic carbocycles. The van der Waals surface area contributed by atoms with Crippen LogP contribution in [-0.2, 0) is 0 Å². The largest absolute Gasteiger partial charge is 0.280 e. The molecule has 3 nitrogen and oxygen atoms in total. The summed E-state index contributed by atoms with van der Waals surface area (Å²) in [4.78, 5) is 3.90. The van der Waals surface area contributed by atoms with Gasteiger partial charge in [0.1, 0.15) is 5.69 Å². The molecule has 80 valence electrons. The first-order valence-corrected chi connectivity index (χ1v) is 5.39. The summed E-state index contributed by atoms with van der Waals surface area (Å²) in [6.45, 7) is 3.57. The third-order valence-corrected chi connectivity index (χ3v) is 3.38. The Labute approximate surface area is 98.6 Å². The summed E-state index contributed by atoms with van der Waals surface area (Å²) in [6.07, 6.45) is -2.54. The average molecular weight is 323 g/mol. The highest BCUT2D eigenvalue weighted by atomic mass is 127. The van der Waals surface area contributed by atoms with Crippen LogP contribution in [0, 0.1) is 17.4 Å². The molecule has 0 saturated carbocycles. The minimum absolute atomic E-state index is 0.196. The molecule has 0 amide bonds. The fraction of sp³-hybridized carbons (Fsp3) is 0.333. The van der Waals surface area contributed by atoms with E-state index in [4.69, 9.17) is 0 Å². The fourth-order valence-corrected chi connectivity index (χ4v) is 1.84. The van der Waals surface area contributed by atoms with Crippen molar-refractivity contribution >= 4 is 28.2 Å². The van der Waals surface area contributed by atoms with Gasteiger partial charge in [-0.3, -0.25) is 0 Å². The zero-order valence-corrected chi connectivity index (χ0v) is 10.3. The molecular formula is C9H8F2IN3. The summed E-state index contributed by atoms with van der Waals surface area (Å²) >= 11 is 2.06. The summed E-state index contributed by atoms with van der Waals surface area (Å²) in [5.41, 5.74) is 1.78. The van der Waals surface area contributed by atoms with Gasteiger partial charge in [-0.25, -0.2) is 18.3 Å². The van der Waals surface area contributed by atoms with Gasteiger partial charge in [0.2, 0.25) is 0 Å². The van der Waals surface area contributed by atoms with Crippen molar-refractivity contribution in [3.63, 3.8) is 0 Å². The van der Waals surface area contributed by atoms with Crippen molar-refractivity contribution in [2.45, 2.75) is 20.3 Å². The zero-order valence-electron chi connectivity index (χ0n) is 8.13. The third-order valence-electron chi connectivity index (χ3n) is 2.11. The van der Waals surface area contributed by atoms with E-state index >= 15 is 0 Å².